The van der Waals surface area contributed by atoms with E-state index < -0.39 is 5.91 Å². The van der Waals surface area contributed by atoms with E-state index in [1.54, 1.807) is 4.90 Å². The number of para-hydroxylation sites is 1. The molecular formula is C20H22N4O3. The molecule has 1 aromatic heterocycles. The number of carbonyl (C=O) groups is 2. The van der Waals surface area contributed by atoms with Gasteiger partial charge in [-0.1, -0.05) is 18.2 Å². The molecule has 0 saturated carbocycles. The zero-order chi connectivity index (χ0) is 19.0. The van der Waals surface area contributed by atoms with E-state index in [0.717, 1.165) is 36.8 Å². The number of primary amides is 1. The standard InChI is InChI=1S/C20H22N4O3/c21-10-14-4-3-8-24(14)17(25)12-23-9-7-13(11-23)18-15-5-1-2-6-16(15)27-19(18)20(22)26/h1-2,5-6,13-14H,3-4,7-9,11-12H2,(H2,22,26). The van der Waals surface area contributed by atoms with E-state index in [4.69, 9.17) is 10.2 Å². The molecule has 1 aromatic carbocycles. The topological polar surface area (TPSA) is 104 Å². The third-order valence-corrected chi connectivity index (χ3v) is 5.62. The number of nitrogens with two attached hydrogens (primary N) is 1. The van der Waals surface area contributed by atoms with Crippen LogP contribution < -0.4 is 5.73 Å². The molecule has 2 unspecified atom stereocenters. The number of nitrogens with zero attached hydrogens (tertiary/aromatic N) is 3. The molecule has 0 spiro atoms. The second-order valence-electron chi connectivity index (χ2n) is 7.30. The average molecular weight is 366 g/mol. The van der Waals surface area contributed by atoms with Gasteiger partial charge in [0.05, 0.1) is 12.6 Å². The second kappa shape index (κ2) is 7.05. The quantitative estimate of drug-likeness (QED) is 0.889. The summed E-state index contributed by atoms with van der Waals surface area (Å²) in [6, 6.07) is 9.47. The van der Waals surface area contributed by atoms with Crippen LogP contribution in [0.5, 0.6) is 0 Å². The van der Waals surface area contributed by atoms with Crippen molar-refractivity contribution in [3.8, 4) is 6.07 Å². The van der Waals surface area contributed by atoms with Crippen LogP contribution in [0.1, 0.15) is 41.3 Å². The highest BCUT2D eigenvalue weighted by atomic mass is 16.3. The fourth-order valence-corrected chi connectivity index (χ4v) is 4.35. The predicted molar refractivity (Wildman–Crippen MR) is 98.9 cm³/mol. The Bertz CT molecular complexity index is 929. The molecular weight excluding hydrogens is 344 g/mol. The van der Waals surface area contributed by atoms with E-state index in [1.165, 1.54) is 0 Å². The third kappa shape index (κ3) is 3.17. The first kappa shape index (κ1) is 17.6. The monoisotopic (exact) mass is 366 g/mol. The van der Waals surface area contributed by atoms with E-state index in [0.29, 0.717) is 25.2 Å². The number of fused-ring (bicyclic) bond motifs is 1. The van der Waals surface area contributed by atoms with Gasteiger partial charge in [0.2, 0.25) is 5.91 Å². The summed E-state index contributed by atoms with van der Waals surface area (Å²) in [5, 5.41) is 10.1. The van der Waals surface area contributed by atoms with E-state index in [-0.39, 0.29) is 23.6 Å². The van der Waals surface area contributed by atoms with Crippen molar-refractivity contribution in [1.29, 1.82) is 5.26 Å². The summed E-state index contributed by atoms with van der Waals surface area (Å²) in [6.45, 7) is 2.39. The highest BCUT2D eigenvalue weighted by Crippen LogP contribution is 2.37. The lowest BCUT2D eigenvalue weighted by molar-refractivity contribution is -0.132. The lowest BCUT2D eigenvalue weighted by Gasteiger charge is -2.23. The van der Waals surface area contributed by atoms with Crippen LogP contribution in [0.15, 0.2) is 28.7 Å². The molecule has 2 atom stereocenters. The van der Waals surface area contributed by atoms with Crippen molar-refractivity contribution in [3.05, 3.63) is 35.6 Å². The lowest BCUT2D eigenvalue weighted by Crippen LogP contribution is -2.41. The summed E-state index contributed by atoms with van der Waals surface area (Å²) in [5.41, 5.74) is 7.05. The number of carbonyl (C=O) groups excluding carboxylic acids is 2. The van der Waals surface area contributed by atoms with Gasteiger partial charge >= 0.3 is 0 Å². The molecule has 2 aliphatic heterocycles. The van der Waals surface area contributed by atoms with Crippen LogP contribution in [0.2, 0.25) is 0 Å². The first-order valence-electron chi connectivity index (χ1n) is 9.31. The van der Waals surface area contributed by atoms with E-state index in [2.05, 4.69) is 11.0 Å². The third-order valence-electron chi connectivity index (χ3n) is 5.62. The molecule has 2 amide bonds. The van der Waals surface area contributed by atoms with Gasteiger partial charge in [-0.05, 0) is 31.9 Å². The maximum absolute atomic E-state index is 12.6. The Morgan fingerprint density at radius 3 is 2.85 bits per heavy atom. The minimum absolute atomic E-state index is 0.00637. The van der Waals surface area contributed by atoms with E-state index in [9.17, 15) is 14.9 Å². The summed E-state index contributed by atoms with van der Waals surface area (Å²) in [5.74, 6) is -0.246. The molecule has 2 fully saturated rings. The van der Waals surface area contributed by atoms with Gasteiger partial charge in [0.25, 0.3) is 5.91 Å². The van der Waals surface area contributed by atoms with Crippen molar-refractivity contribution in [2.45, 2.75) is 31.2 Å². The van der Waals surface area contributed by atoms with Crippen molar-refractivity contribution in [3.63, 3.8) is 0 Å². The number of nitriles is 1. The summed E-state index contributed by atoms with van der Waals surface area (Å²) < 4.78 is 5.69. The van der Waals surface area contributed by atoms with Crippen molar-refractivity contribution < 1.29 is 14.0 Å². The van der Waals surface area contributed by atoms with Gasteiger partial charge < -0.3 is 15.1 Å². The molecule has 3 heterocycles. The normalized spacial score (nSPS) is 23.0. The molecule has 7 nitrogen and oxygen atoms in total. The van der Waals surface area contributed by atoms with Gasteiger partial charge in [-0.2, -0.15) is 5.26 Å². The molecule has 140 valence electrons. The second-order valence-corrected chi connectivity index (χ2v) is 7.30. The minimum atomic E-state index is -0.565. The van der Waals surface area contributed by atoms with E-state index >= 15 is 0 Å². The van der Waals surface area contributed by atoms with E-state index in [1.807, 2.05) is 24.3 Å². The van der Waals surface area contributed by atoms with Gasteiger partial charge in [0.1, 0.15) is 11.6 Å². The van der Waals surface area contributed by atoms with Crippen LogP contribution in [0.25, 0.3) is 11.0 Å². The van der Waals surface area contributed by atoms with Crippen molar-refractivity contribution in [1.82, 2.24) is 9.80 Å². The number of rotatable bonds is 4. The van der Waals surface area contributed by atoms with Crippen LogP contribution in [0.3, 0.4) is 0 Å². The van der Waals surface area contributed by atoms with Crippen molar-refractivity contribution >= 4 is 22.8 Å². The zero-order valence-electron chi connectivity index (χ0n) is 15.1. The Balaban J connectivity index is 1.51. The van der Waals surface area contributed by atoms with Crippen LogP contribution >= 0.6 is 0 Å². The van der Waals surface area contributed by atoms with Crippen LogP contribution in [-0.2, 0) is 4.79 Å². The Morgan fingerprint density at radius 2 is 2.07 bits per heavy atom. The highest BCUT2D eigenvalue weighted by molar-refractivity contribution is 5.98. The maximum Gasteiger partial charge on any atom is 0.284 e. The number of amides is 2. The Hall–Kier alpha value is -2.85. The van der Waals surface area contributed by atoms with Gasteiger partial charge in [0.15, 0.2) is 5.76 Å². The molecule has 0 radical (unpaired) electrons. The molecule has 0 bridgehead atoms. The highest BCUT2D eigenvalue weighted by Gasteiger charge is 2.34. The maximum atomic E-state index is 12.6. The smallest absolute Gasteiger partial charge is 0.284 e. The average Bonchev–Trinajstić information content (AvgIpc) is 3.38. The van der Waals surface area contributed by atoms with Gasteiger partial charge in [-0.15, -0.1) is 0 Å². The van der Waals surface area contributed by atoms with Crippen molar-refractivity contribution in [2.75, 3.05) is 26.2 Å². The van der Waals surface area contributed by atoms with Gasteiger partial charge in [0, 0.05) is 30.0 Å². The lowest BCUT2D eigenvalue weighted by atomic mass is 9.95. The molecule has 2 aromatic rings. The number of hydrogen-bond acceptors (Lipinski definition) is 5. The molecule has 2 N–H and O–H groups in total. The van der Waals surface area contributed by atoms with Gasteiger partial charge in [-0.25, -0.2) is 0 Å². The Labute approximate surface area is 157 Å². The minimum Gasteiger partial charge on any atom is -0.451 e. The summed E-state index contributed by atoms with van der Waals surface area (Å²) in [7, 11) is 0. The predicted octanol–water partition coefficient (Wildman–Crippen LogP) is 1.84. The number of likely N-dealkylation sites (tertiary alicyclic amines) is 2. The summed E-state index contributed by atoms with van der Waals surface area (Å²) in [6.07, 6.45) is 2.47. The van der Waals surface area contributed by atoms with Crippen molar-refractivity contribution in [2.24, 2.45) is 5.73 Å². The Kier molecular flexibility index (Phi) is 4.58. The first-order valence-corrected chi connectivity index (χ1v) is 9.31. The largest absolute Gasteiger partial charge is 0.451 e. The van der Waals surface area contributed by atoms with Gasteiger partial charge in [-0.3, -0.25) is 14.5 Å². The molecule has 7 heteroatoms. The molecule has 27 heavy (non-hydrogen) atoms. The summed E-state index contributed by atoms with van der Waals surface area (Å²) in [4.78, 5) is 28.2. The van der Waals surface area contributed by atoms with Crippen LogP contribution in [0.4, 0.5) is 0 Å². The first-order chi connectivity index (χ1) is 13.1. The zero-order valence-corrected chi connectivity index (χ0v) is 15.1. The number of hydrogen-bond donors (Lipinski definition) is 1. The SMILES string of the molecule is N#CC1CCCN1C(=O)CN1CCC(c2c(C(N)=O)oc3ccccc23)C1. The molecule has 0 aliphatic carbocycles. The van der Waals surface area contributed by atoms with Crippen LogP contribution in [0, 0.1) is 11.3 Å². The molecule has 2 saturated heterocycles. The molecule has 4 rings (SSSR count). The fraction of sp³-hybridized carbons (Fsp3) is 0.450. The Morgan fingerprint density at radius 1 is 1.26 bits per heavy atom. The summed E-state index contributed by atoms with van der Waals surface area (Å²) >= 11 is 0. The number of benzene rings is 1. The van der Waals surface area contributed by atoms with Crippen LogP contribution in [-0.4, -0.2) is 53.8 Å². The molecule has 2 aliphatic rings. The fourth-order valence-electron chi connectivity index (χ4n) is 4.35. The number of furan rings is 1.